The van der Waals surface area contributed by atoms with Crippen LogP contribution in [0.3, 0.4) is 0 Å². The van der Waals surface area contributed by atoms with E-state index < -0.39 is 0 Å². The van der Waals surface area contributed by atoms with E-state index in [0.717, 1.165) is 18.4 Å². The van der Waals surface area contributed by atoms with Gasteiger partial charge in [0.15, 0.2) is 0 Å². The second-order valence-electron chi connectivity index (χ2n) is 4.24. The molecule has 0 spiro atoms. The lowest BCUT2D eigenvalue weighted by Crippen LogP contribution is -2.11. The van der Waals surface area contributed by atoms with Crippen LogP contribution in [-0.4, -0.2) is 0 Å². The van der Waals surface area contributed by atoms with E-state index in [2.05, 4.69) is 13.8 Å². The van der Waals surface area contributed by atoms with Gasteiger partial charge in [0.2, 0.25) is 0 Å². The maximum absolute atomic E-state index is 12.8. The van der Waals surface area contributed by atoms with E-state index in [-0.39, 0.29) is 24.3 Å². The molecule has 92 valence electrons. The van der Waals surface area contributed by atoms with Crippen LogP contribution in [0.4, 0.5) is 4.39 Å². The van der Waals surface area contributed by atoms with Gasteiger partial charge in [0, 0.05) is 11.1 Å². The molecule has 2 N–H and O–H groups in total. The summed E-state index contributed by atoms with van der Waals surface area (Å²) in [6, 6.07) is 4.28. The van der Waals surface area contributed by atoms with Gasteiger partial charge in [-0.2, -0.15) is 0 Å². The Labute approximate surface area is 108 Å². The first-order valence-corrected chi connectivity index (χ1v) is 5.59. The van der Waals surface area contributed by atoms with E-state index in [1.807, 2.05) is 0 Å². The largest absolute Gasteiger partial charge is 0.324 e. The van der Waals surface area contributed by atoms with Crippen molar-refractivity contribution in [1.29, 1.82) is 0 Å². The van der Waals surface area contributed by atoms with Crippen LogP contribution in [0.5, 0.6) is 0 Å². The summed E-state index contributed by atoms with van der Waals surface area (Å²) in [4.78, 5) is 0. The highest BCUT2D eigenvalue weighted by atomic mass is 35.5. The van der Waals surface area contributed by atoms with E-state index in [4.69, 9.17) is 17.3 Å². The molecule has 0 heterocycles. The Morgan fingerprint density at radius 3 is 2.44 bits per heavy atom. The molecular weight excluding hydrogens is 248 g/mol. The predicted octanol–water partition coefficient (Wildman–Crippen LogP) is 4.34. The van der Waals surface area contributed by atoms with Crippen LogP contribution in [0, 0.1) is 11.7 Å². The zero-order valence-electron chi connectivity index (χ0n) is 9.54. The summed E-state index contributed by atoms with van der Waals surface area (Å²) in [5.74, 6) is 0.301. The predicted molar refractivity (Wildman–Crippen MR) is 69.7 cm³/mol. The molecule has 0 unspecified atom stereocenters. The molecule has 1 aromatic carbocycles. The molecular formula is C12H18Cl2FN. The van der Waals surface area contributed by atoms with Crippen LogP contribution >= 0.6 is 24.0 Å². The molecule has 0 bridgehead atoms. The van der Waals surface area contributed by atoms with Gasteiger partial charge in [-0.15, -0.1) is 12.4 Å². The van der Waals surface area contributed by atoms with Gasteiger partial charge in [-0.25, -0.2) is 4.39 Å². The summed E-state index contributed by atoms with van der Waals surface area (Å²) in [5.41, 5.74) is 6.82. The summed E-state index contributed by atoms with van der Waals surface area (Å²) >= 11 is 5.92. The highest BCUT2D eigenvalue weighted by molar-refractivity contribution is 6.31. The van der Waals surface area contributed by atoms with Gasteiger partial charge in [0.1, 0.15) is 5.82 Å². The Kier molecular flexibility index (Phi) is 6.96. The van der Waals surface area contributed by atoms with E-state index in [0.29, 0.717) is 10.9 Å². The molecule has 1 nitrogen and oxygen atoms in total. The molecule has 4 heteroatoms. The van der Waals surface area contributed by atoms with Crippen molar-refractivity contribution >= 4 is 24.0 Å². The van der Waals surface area contributed by atoms with E-state index >= 15 is 0 Å². The fraction of sp³-hybridized carbons (Fsp3) is 0.500. The van der Waals surface area contributed by atoms with Crippen LogP contribution in [0.1, 0.15) is 38.3 Å². The lowest BCUT2D eigenvalue weighted by atomic mass is 9.98. The summed E-state index contributed by atoms with van der Waals surface area (Å²) in [7, 11) is 0. The fourth-order valence-corrected chi connectivity index (χ4v) is 1.78. The van der Waals surface area contributed by atoms with E-state index in [9.17, 15) is 4.39 Å². The fourth-order valence-electron chi connectivity index (χ4n) is 1.47. The lowest BCUT2D eigenvalue weighted by molar-refractivity contribution is 0.506. The first kappa shape index (κ1) is 15.7. The van der Waals surface area contributed by atoms with Crippen molar-refractivity contribution in [3.05, 3.63) is 34.6 Å². The van der Waals surface area contributed by atoms with Gasteiger partial charge in [0.25, 0.3) is 0 Å². The van der Waals surface area contributed by atoms with E-state index in [1.165, 1.54) is 12.1 Å². The summed E-state index contributed by atoms with van der Waals surface area (Å²) in [6.45, 7) is 4.30. The number of hydrogen-bond acceptors (Lipinski definition) is 1. The topological polar surface area (TPSA) is 26.0 Å². The standard InChI is InChI=1S/C12H17ClFN.ClH/c1-8(2)3-6-12(15)10-5-4-9(14)7-11(10)13;/h4-5,7-8,12H,3,6,15H2,1-2H3;1H/t12-;/m1./s1. The average molecular weight is 266 g/mol. The van der Waals surface area contributed by atoms with Crippen LogP contribution in [-0.2, 0) is 0 Å². The number of benzene rings is 1. The Morgan fingerprint density at radius 1 is 1.31 bits per heavy atom. The summed E-state index contributed by atoms with van der Waals surface area (Å²) < 4.78 is 12.8. The Bertz CT molecular complexity index is 329. The maximum Gasteiger partial charge on any atom is 0.124 e. The van der Waals surface area contributed by atoms with Crippen LogP contribution < -0.4 is 5.73 Å². The molecule has 1 atom stereocenters. The van der Waals surface area contributed by atoms with Crippen molar-refractivity contribution < 1.29 is 4.39 Å². The van der Waals surface area contributed by atoms with Crippen molar-refractivity contribution in [2.45, 2.75) is 32.7 Å². The SMILES string of the molecule is CC(C)CC[C@@H](N)c1ccc(F)cc1Cl.Cl. The monoisotopic (exact) mass is 265 g/mol. The molecule has 1 rings (SSSR count). The minimum atomic E-state index is -0.320. The van der Waals surface area contributed by atoms with Crippen molar-refractivity contribution in [2.75, 3.05) is 0 Å². The van der Waals surface area contributed by atoms with Gasteiger partial charge in [-0.3, -0.25) is 0 Å². The molecule has 0 aliphatic heterocycles. The van der Waals surface area contributed by atoms with Gasteiger partial charge < -0.3 is 5.73 Å². The minimum absolute atomic E-state index is 0. The molecule has 0 saturated carbocycles. The first-order chi connectivity index (χ1) is 7.00. The third kappa shape index (κ3) is 4.69. The molecule has 0 aromatic heterocycles. The van der Waals surface area contributed by atoms with Crippen molar-refractivity contribution in [2.24, 2.45) is 11.7 Å². The molecule has 0 amide bonds. The number of halogens is 3. The van der Waals surface area contributed by atoms with E-state index in [1.54, 1.807) is 6.07 Å². The van der Waals surface area contributed by atoms with Crippen LogP contribution in [0.15, 0.2) is 18.2 Å². The highest BCUT2D eigenvalue weighted by Crippen LogP contribution is 2.26. The van der Waals surface area contributed by atoms with Crippen molar-refractivity contribution in [3.63, 3.8) is 0 Å². The van der Waals surface area contributed by atoms with Gasteiger partial charge in [0.05, 0.1) is 0 Å². The van der Waals surface area contributed by atoms with Crippen molar-refractivity contribution in [3.8, 4) is 0 Å². The molecule has 1 aromatic rings. The van der Waals surface area contributed by atoms with Crippen molar-refractivity contribution in [1.82, 2.24) is 0 Å². The second-order valence-corrected chi connectivity index (χ2v) is 4.65. The Morgan fingerprint density at radius 2 is 1.94 bits per heavy atom. The maximum atomic E-state index is 12.8. The average Bonchev–Trinajstić information content (AvgIpc) is 2.14. The first-order valence-electron chi connectivity index (χ1n) is 5.21. The second kappa shape index (κ2) is 7.10. The summed E-state index contributed by atoms with van der Waals surface area (Å²) in [5, 5.41) is 0.422. The smallest absolute Gasteiger partial charge is 0.124 e. The third-order valence-corrected chi connectivity index (χ3v) is 2.74. The highest BCUT2D eigenvalue weighted by Gasteiger charge is 2.11. The molecule has 0 aliphatic carbocycles. The Balaban J connectivity index is 0.00000225. The number of nitrogens with two attached hydrogens (primary N) is 1. The van der Waals surface area contributed by atoms with Gasteiger partial charge in [-0.05, 0) is 36.5 Å². The minimum Gasteiger partial charge on any atom is -0.324 e. The number of rotatable bonds is 4. The van der Waals surface area contributed by atoms with Gasteiger partial charge >= 0.3 is 0 Å². The van der Waals surface area contributed by atoms with Crippen LogP contribution in [0.2, 0.25) is 5.02 Å². The molecule has 0 saturated heterocycles. The molecule has 0 fully saturated rings. The lowest BCUT2D eigenvalue weighted by Gasteiger charge is -2.14. The van der Waals surface area contributed by atoms with Crippen LogP contribution in [0.25, 0.3) is 0 Å². The Hall–Kier alpha value is -0.310. The number of hydrogen-bond donors (Lipinski definition) is 1. The third-order valence-electron chi connectivity index (χ3n) is 2.42. The zero-order chi connectivity index (χ0) is 11.4. The normalized spacial score (nSPS) is 12.4. The zero-order valence-corrected chi connectivity index (χ0v) is 11.1. The molecule has 0 radical (unpaired) electrons. The van der Waals surface area contributed by atoms with Gasteiger partial charge in [-0.1, -0.05) is 31.5 Å². The molecule has 16 heavy (non-hydrogen) atoms. The molecule has 0 aliphatic rings. The quantitative estimate of drug-likeness (QED) is 0.862. The summed E-state index contributed by atoms with van der Waals surface area (Å²) in [6.07, 6.45) is 1.93.